The normalized spacial score (nSPS) is 37.1. The van der Waals surface area contributed by atoms with Crippen molar-refractivity contribution in [1.29, 1.82) is 0 Å². The van der Waals surface area contributed by atoms with Crippen molar-refractivity contribution >= 4 is 0 Å². The zero-order chi connectivity index (χ0) is 5.28. The minimum absolute atomic E-state index is 0.157. The zero-order valence-corrected chi connectivity index (χ0v) is 3.96. The van der Waals surface area contributed by atoms with Crippen molar-refractivity contribution in [1.82, 2.24) is 0 Å². The smallest absolute Gasteiger partial charge is 0.229 e. The monoisotopic (exact) mass is 97.1 g/mol. The second-order valence-corrected chi connectivity index (χ2v) is 1.87. The molecular weight excluding hydrogens is 90.1 g/mol. The van der Waals surface area contributed by atoms with Gasteiger partial charge in [0.2, 0.25) is 6.04 Å². The van der Waals surface area contributed by atoms with Crippen LogP contribution in [-0.2, 0) is 0 Å². The van der Waals surface area contributed by atoms with E-state index in [2.05, 4.69) is 4.85 Å². The molecule has 0 aromatic heterocycles. The molecule has 0 heterocycles. The molecule has 0 bridgehead atoms. The van der Waals surface area contributed by atoms with Gasteiger partial charge in [0.05, 0.1) is 12.5 Å². The van der Waals surface area contributed by atoms with Gasteiger partial charge in [-0.05, 0) is 0 Å². The summed E-state index contributed by atoms with van der Waals surface area (Å²) in [5.74, 6) is 0.317. The van der Waals surface area contributed by atoms with Crippen molar-refractivity contribution in [2.75, 3.05) is 6.61 Å². The molecule has 1 saturated carbocycles. The van der Waals surface area contributed by atoms with Gasteiger partial charge in [0.1, 0.15) is 0 Å². The topological polar surface area (TPSA) is 24.6 Å². The lowest BCUT2D eigenvalue weighted by Crippen LogP contribution is -1.86. The summed E-state index contributed by atoms with van der Waals surface area (Å²) in [6.07, 6.45) is 0.917. The Kier molecular flexibility index (Phi) is 0.994. The van der Waals surface area contributed by atoms with Crippen LogP contribution in [0.3, 0.4) is 0 Å². The Bertz CT molecular complexity index is 105. The SMILES string of the molecule is [C-]#[N+][C@@H]1C[C@@H]1CO. The first-order valence-electron chi connectivity index (χ1n) is 2.36. The van der Waals surface area contributed by atoms with Crippen molar-refractivity contribution < 1.29 is 5.11 Å². The van der Waals surface area contributed by atoms with Gasteiger partial charge in [0.15, 0.2) is 0 Å². The van der Waals surface area contributed by atoms with Gasteiger partial charge in [-0.1, -0.05) is 0 Å². The van der Waals surface area contributed by atoms with E-state index in [1.54, 1.807) is 0 Å². The standard InChI is InChI=1S/C5H7NO/c1-6-5-2-4(5)3-7/h4-5,7H,2-3H2/t4-,5-/m1/s1. The van der Waals surface area contributed by atoms with Gasteiger partial charge in [0, 0.05) is 6.42 Å². The molecule has 0 amide bonds. The Morgan fingerprint density at radius 1 is 1.86 bits per heavy atom. The molecular formula is C5H7NO. The van der Waals surface area contributed by atoms with Crippen molar-refractivity contribution in [2.45, 2.75) is 12.5 Å². The molecule has 1 rings (SSSR count). The largest absolute Gasteiger partial charge is 0.396 e. The van der Waals surface area contributed by atoms with Crippen molar-refractivity contribution in [3.63, 3.8) is 0 Å². The van der Waals surface area contributed by atoms with Crippen LogP contribution in [-0.4, -0.2) is 17.8 Å². The van der Waals surface area contributed by atoms with E-state index in [1.807, 2.05) is 0 Å². The number of nitrogens with zero attached hydrogens (tertiary/aromatic N) is 1. The first-order valence-corrected chi connectivity index (χ1v) is 2.36. The predicted molar refractivity (Wildman–Crippen MR) is 25.6 cm³/mol. The van der Waals surface area contributed by atoms with Crippen molar-refractivity contribution in [3.05, 3.63) is 11.4 Å². The summed E-state index contributed by atoms with van der Waals surface area (Å²) in [5.41, 5.74) is 0. The highest BCUT2D eigenvalue weighted by atomic mass is 16.3. The molecule has 1 aliphatic carbocycles. The minimum Gasteiger partial charge on any atom is -0.396 e. The number of aliphatic hydroxyl groups is 1. The molecule has 0 saturated heterocycles. The van der Waals surface area contributed by atoms with Gasteiger partial charge in [0.25, 0.3) is 0 Å². The predicted octanol–water partition coefficient (Wildman–Crippen LogP) is 0.286. The highest BCUT2D eigenvalue weighted by Crippen LogP contribution is 2.32. The molecule has 0 radical (unpaired) electrons. The summed E-state index contributed by atoms with van der Waals surface area (Å²) < 4.78 is 0. The van der Waals surface area contributed by atoms with Crippen LogP contribution < -0.4 is 0 Å². The molecule has 0 aromatic rings. The Balaban J connectivity index is 2.21. The van der Waals surface area contributed by atoms with Crippen molar-refractivity contribution in [3.8, 4) is 0 Å². The highest BCUT2D eigenvalue weighted by molar-refractivity contribution is 5.00. The molecule has 0 unspecified atom stereocenters. The fourth-order valence-electron chi connectivity index (χ4n) is 0.586. The Morgan fingerprint density at radius 2 is 2.57 bits per heavy atom. The molecule has 1 aliphatic rings. The van der Waals surface area contributed by atoms with Gasteiger partial charge in [-0.2, -0.15) is 0 Å². The summed E-state index contributed by atoms with van der Waals surface area (Å²) in [4.78, 5) is 3.24. The van der Waals surface area contributed by atoms with Gasteiger partial charge in [-0.3, -0.25) is 0 Å². The molecule has 2 heteroatoms. The number of rotatable bonds is 1. The third-order valence-electron chi connectivity index (χ3n) is 1.29. The van der Waals surface area contributed by atoms with Gasteiger partial charge in [-0.15, -0.1) is 0 Å². The second-order valence-electron chi connectivity index (χ2n) is 1.87. The minimum atomic E-state index is 0.157. The molecule has 0 aromatic carbocycles. The molecule has 7 heavy (non-hydrogen) atoms. The molecule has 1 N–H and O–H groups in total. The summed E-state index contributed by atoms with van der Waals surface area (Å²) in [6.45, 7) is 6.67. The number of hydrogen-bond donors (Lipinski definition) is 1. The van der Waals surface area contributed by atoms with E-state index in [1.165, 1.54) is 0 Å². The fourth-order valence-corrected chi connectivity index (χ4v) is 0.586. The van der Waals surface area contributed by atoms with E-state index in [0.717, 1.165) is 6.42 Å². The molecule has 38 valence electrons. The maximum absolute atomic E-state index is 8.36. The number of aliphatic hydroxyl groups excluding tert-OH is 1. The maximum atomic E-state index is 8.36. The zero-order valence-electron chi connectivity index (χ0n) is 3.96. The lowest BCUT2D eigenvalue weighted by Gasteiger charge is -1.75. The summed E-state index contributed by atoms with van der Waals surface area (Å²) in [6, 6.07) is 0.157. The lowest BCUT2D eigenvalue weighted by atomic mass is 10.4. The number of hydrogen-bond acceptors (Lipinski definition) is 1. The quantitative estimate of drug-likeness (QED) is 0.467. The highest BCUT2D eigenvalue weighted by Gasteiger charge is 2.43. The average molecular weight is 97.1 g/mol. The Morgan fingerprint density at radius 3 is 2.71 bits per heavy atom. The summed E-state index contributed by atoms with van der Waals surface area (Å²) >= 11 is 0. The molecule has 0 aliphatic heterocycles. The third-order valence-corrected chi connectivity index (χ3v) is 1.29. The van der Waals surface area contributed by atoms with E-state index >= 15 is 0 Å². The molecule has 2 atom stereocenters. The molecule has 0 spiro atoms. The average Bonchev–Trinajstić information content (AvgIpc) is 2.43. The van der Waals surface area contributed by atoms with Crippen LogP contribution in [0.15, 0.2) is 0 Å². The Labute approximate surface area is 42.6 Å². The van der Waals surface area contributed by atoms with E-state index < -0.39 is 0 Å². The fraction of sp³-hybridized carbons (Fsp3) is 0.800. The van der Waals surface area contributed by atoms with Crippen LogP contribution in [0.2, 0.25) is 0 Å². The van der Waals surface area contributed by atoms with Crippen molar-refractivity contribution in [2.24, 2.45) is 5.92 Å². The van der Waals surface area contributed by atoms with Crippen LogP contribution in [0, 0.1) is 12.5 Å². The van der Waals surface area contributed by atoms with Crippen LogP contribution in [0.25, 0.3) is 4.85 Å². The van der Waals surface area contributed by atoms with Gasteiger partial charge < -0.3 is 9.95 Å². The summed E-state index contributed by atoms with van der Waals surface area (Å²) in [5, 5.41) is 8.36. The van der Waals surface area contributed by atoms with Crippen LogP contribution in [0.4, 0.5) is 0 Å². The van der Waals surface area contributed by atoms with Crippen LogP contribution >= 0.6 is 0 Å². The van der Waals surface area contributed by atoms with E-state index in [0.29, 0.717) is 5.92 Å². The first-order chi connectivity index (χ1) is 3.38. The maximum Gasteiger partial charge on any atom is 0.229 e. The van der Waals surface area contributed by atoms with Crippen LogP contribution in [0.1, 0.15) is 6.42 Å². The van der Waals surface area contributed by atoms with Gasteiger partial charge in [-0.25, -0.2) is 6.57 Å². The van der Waals surface area contributed by atoms with E-state index in [4.69, 9.17) is 11.7 Å². The third kappa shape index (κ3) is 0.726. The second kappa shape index (κ2) is 1.51. The van der Waals surface area contributed by atoms with Gasteiger partial charge >= 0.3 is 0 Å². The van der Waals surface area contributed by atoms with Crippen LogP contribution in [0.5, 0.6) is 0 Å². The molecule has 1 fully saturated rings. The molecule has 2 nitrogen and oxygen atoms in total. The van der Waals surface area contributed by atoms with E-state index in [-0.39, 0.29) is 12.6 Å². The summed E-state index contributed by atoms with van der Waals surface area (Å²) in [7, 11) is 0. The lowest BCUT2D eigenvalue weighted by molar-refractivity contribution is 0.276. The van der Waals surface area contributed by atoms with E-state index in [9.17, 15) is 0 Å². The Hall–Kier alpha value is -0.550. The first kappa shape index (κ1) is 4.61.